The number of amides is 1. The molecule has 0 bridgehead atoms. The number of aryl methyl sites for hydroxylation is 2. The van der Waals surface area contributed by atoms with Crippen LogP contribution in [0.4, 0.5) is 5.69 Å². The Hall–Kier alpha value is -2.95. The number of nitro groups is 1. The zero-order valence-corrected chi connectivity index (χ0v) is 16.1. The Bertz CT molecular complexity index is 1200. The van der Waals surface area contributed by atoms with Crippen LogP contribution in [0.5, 0.6) is 0 Å². The fourth-order valence-electron chi connectivity index (χ4n) is 2.78. The van der Waals surface area contributed by atoms with Crippen molar-refractivity contribution < 1.29 is 9.72 Å². The molecule has 1 amide bonds. The highest BCUT2D eigenvalue weighted by Crippen LogP contribution is 2.25. The predicted octanol–water partition coefficient (Wildman–Crippen LogP) is 4.26. The molecule has 0 aliphatic rings. The summed E-state index contributed by atoms with van der Waals surface area (Å²) in [5, 5.41) is 11.1. The standard InChI is InChI=1S/C19H14ClN3O3S/c1-4-7-22-16-9-11(2)8-12(3)17(16)27-19(22)21-18(24)14-10-13(23(25)26)5-6-15(14)20/h1,5-6,8-10H,7H2,2-3H3. The summed E-state index contributed by atoms with van der Waals surface area (Å²) in [5.74, 6) is 1.92. The normalized spacial score (nSPS) is 11.6. The molecule has 0 unspecified atom stereocenters. The van der Waals surface area contributed by atoms with Gasteiger partial charge < -0.3 is 4.57 Å². The third-order valence-electron chi connectivity index (χ3n) is 3.95. The lowest BCUT2D eigenvalue weighted by atomic mass is 10.1. The van der Waals surface area contributed by atoms with Crippen LogP contribution < -0.4 is 4.80 Å². The molecule has 136 valence electrons. The van der Waals surface area contributed by atoms with Crippen molar-refractivity contribution in [2.45, 2.75) is 20.4 Å². The lowest BCUT2D eigenvalue weighted by Gasteiger charge is -2.03. The van der Waals surface area contributed by atoms with E-state index in [2.05, 4.69) is 10.9 Å². The van der Waals surface area contributed by atoms with Gasteiger partial charge in [-0.3, -0.25) is 14.9 Å². The number of hydrogen-bond acceptors (Lipinski definition) is 4. The SMILES string of the molecule is C#CCn1c(=NC(=O)c2cc([N+](=O)[O-])ccc2Cl)sc2c(C)cc(C)cc21. The van der Waals surface area contributed by atoms with Crippen molar-refractivity contribution in [3.8, 4) is 12.3 Å². The van der Waals surface area contributed by atoms with E-state index < -0.39 is 10.8 Å². The van der Waals surface area contributed by atoms with Crippen LogP contribution in [0, 0.1) is 36.3 Å². The van der Waals surface area contributed by atoms with E-state index in [0.717, 1.165) is 27.4 Å². The number of fused-ring (bicyclic) bond motifs is 1. The lowest BCUT2D eigenvalue weighted by molar-refractivity contribution is -0.384. The summed E-state index contributed by atoms with van der Waals surface area (Å²) < 4.78 is 2.76. The number of nitrogens with zero attached hydrogens (tertiary/aromatic N) is 3. The fourth-order valence-corrected chi connectivity index (χ4v) is 4.06. The van der Waals surface area contributed by atoms with E-state index in [1.807, 2.05) is 26.0 Å². The molecular weight excluding hydrogens is 386 g/mol. The Morgan fingerprint density at radius 2 is 2.11 bits per heavy atom. The third kappa shape index (κ3) is 3.63. The third-order valence-corrected chi connectivity index (χ3v) is 5.51. The highest BCUT2D eigenvalue weighted by molar-refractivity contribution is 7.16. The molecule has 0 saturated carbocycles. The largest absolute Gasteiger partial charge is 0.305 e. The molecule has 1 aromatic heterocycles. The molecular formula is C19H14ClN3O3S. The zero-order chi connectivity index (χ0) is 19.7. The van der Waals surface area contributed by atoms with E-state index in [0.29, 0.717) is 4.80 Å². The van der Waals surface area contributed by atoms with Crippen molar-refractivity contribution in [3.05, 3.63) is 67.0 Å². The van der Waals surface area contributed by atoms with E-state index in [1.54, 1.807) is 4.57 Å². The van der Waals surface area contributed by atoms with Crippen LogP contribution in [0.15, 0.2) is 35.3 Å². The molecule has 8 heteroatoms. The molecule has 0 atom stereocenters. The summed E-state index contributed by atoms with van der Waals surface area (Å²) in [6.07, 6.45) is 5.49. The Morgan fingerprint density at radius 3 is 2.78 bits per heavy atom. The van der Waals surface area contributed by atoms with E-state index in [4.69, 9.17) is 18.0 Å². The van der Waals surface area contributed by atoms with Crippen LogP contribution in [0.25, 0.3) is 10.2 Å². The molecule has 0 spiro atoms. The van der Waals surface area contributed by atoms with Crippen molar-refractivity contribution in [2.75, 3.05) is 0 Å². The Labute approximate surface area is 163 Å². The molecule has 3 aromatic rings. The minimum Gasteiger partial charge on any atom is -0.305 e. The minimum atomic E-state index is -0.657. The van der Waals surface area contributed by atoms with Gasteiger partial charge in [-0.2, -0.15) is 4.99 Å². The van der Waals surface area contributed by atoms with Gasteiger partial charge in [-0.05, 0) is 37.1 Å². The van der Waals surface area contributed by atoms with Crippen molar-refractivity contribution in [2.24, 2.45) is 4.99 Å². The van der Waals surface area contributed by atoms with Crippen LogP contribution in [0.3, 0.4) is 0 Å². The first kappa shape index (κ1) is 18.8. The maximum Gasteiger partial charge on any atom is 0.281 e. The first-order valence-corrected chi connectivity index (χ1v) is 9.08. The number of benzene rings is 2. The second-order valence-corrected chi connectivity index (χ2v) is 7.33. The number of rotatable bonds is 3. The fraction of sp³-hybridized carbons (Fsp3) is 0.158. The molecule has 0 radical (unpaired) electrons. The van der Waals surface area contributed by atoms with Gasteiger partial charge in [0, 0.05) is 12.1 Å². The van der Waals surface area contributed by atoms with Crippen LogP contribution in [-0.2, 0) is 6.54 Å². The van der Waals surface area contributed by atoms with E-state index in [-0.39, 0.29) is 22.8 Å². The Balaban J connectivity index is 2.22. The Kier molecular flexibility index (Phi) is 5.13. The summed E-state index contributed by atoms with van der Waals surface area (Å²) in [5.41, 5.74) is 2.78. The average molecular weight is 400 g/mol. The average Bonchev–Trinajstić information content (AvgIpc) is 2.93. The summed E-state index contributed by atoms with van der Waals surface area (Å²) in [4.78, 5) is 27.6. The van der Waals surface area contributed by atoms with Gasteiger partial charge in [-0.15, -0.1) is 6.42 Å². The van der Waals surface area contributed by atoms with Crippen LogP contribution in [-0.4, -0.2) is 15.4 Å². The number of aromatic nitrogens is 1. The molecule has 0 aliphatic heterocycles. The first-order chi connectivity index (χ1) is 12.8. The number of carbonyl (C=O) groups is 1. The monoisotopic (exact) mass is 399 g/mol. The summed E-state index contributed by atoms with van der Waals surface area (Å²) >= 11 is 7.39. The molecule has 2 aromatic carbocycles. The summed E-state index contributed by atoms with van der Waals surface area (Å²) in [6.45, 7) is 4.21. The number of hydrogen-bond donors (Lipinski definition) is 0. The second-order valence-electron chi connectivity index (χ2n) is 5.94. The van der Waals surface area contributed by atoms with E-state index in [1.165, 1.54) is 23.5 Å². The maximum atomic E-state index is 12.7. The van der Waals surface area contributed by atoms with Crippen molar-refractivity contribution >= 4 is 44.7 Å². The molecule has 0 saturated heterocycles. The highest BCUT2D eigenvalue weighted by Gasteiger charge is 2.16. The molecule has 0 N–H and O–H groups in total. The van der Waals surface area contributed by atoms with Gasteiger partial charge in [0.05, 0.1) is 32.3 Å². The molecule has 3 rings (SSSR count). The molecule has 1 heterocycles. The summed E-state index contributed by atoms with van der Waals surface area (Å²) in [7, 11) is 0. The number of thiazole rings is 1. The highest BCUT2D eigenvalue weighted by atomic mass is 35.5. The predicted molar refractivity (Wildman–Crippen MR) is 106 cm³/mol. The summed E-state index contributed by atoms with van der Waals surface area (Å²) in [6, 6.07) is 7.71. The number of nitro benzene ring substituents is 1. The van der Waals surface area contributed by atoms with Gasteiger partial charge in [0.2, 0.25) is 0 Å². The topological polar surface area (TPSA) is 77.5 Å². The number of non-ortho nitro benzene ring substituents is 1. The smallest absolute Gasteiger partial charge is 0.281 e. The van der Waals surface area contributed by atoms with Gasteiger partial charge in [0.1, 0.15) is 0 Å². The number of carbonyl (C=O) groups excluding carboxylic acids is 1. The van der Waals surface area contributed by atoms with Crippen LogP contribution >= 0.6 is 22.9 Å². The van der Waals surface area contributed by atoms with Crippen LogP contribution in [0.1, 0.15) is 21.5 Å². The van der Waals surface area contributed by atoms with Crippen molar-refractivity contribution in [1.82, 2.24) is 4.57 Å². The van der Waals surface area contributed by atoms with Crippen molar-refractivity contribution in [3.63, 3.8) is 0 Å². The van der Waals surface area contributed by atoms with Gasteiger partial charge >= 0.3 is 0 Å². The van der Waals surface area contributed by atoms with Gasteiger partial charge in [0.15, 0.2) is 4.80 Å². The van der Waals surface area contributed by atoms with Gasteiger partial charge in [-0.25, -0.2) is 0 Å². The minimum absolute atomic E-state index is 0.0246. The lowest BCUT2D eigenvalue weighted by Crippen LogP contribution is -2.16. The molecule has 6 nitrogen and oxygen atoms in total. The van der Waals surface area contributed by atoms with Crippen molar-refractivity contribution in [1.29, 1.82) is 0 Å². The van der Waals surface area contributed by atoms with Crippen LogP contribution in [0.2, 0.25) is 5.02 Å². The molecule has 27 heavy (non-hydrogen) atoms. The first-order valence-electron chi connectivity index (χ1n) is 7.89. The molecule has 0 fully saturated rings. The zero-order valence-electron chi connectivity index (χ0n) is 14.5. The quantitative estimate of drug-likeness (QED) is 0.375. The number of terminal acetylenes is 1. The number of halogens is 1. The maximum absolute atomic E-state index is 12.7. The van der Waals surface area contributed by atoms with Gasteiger partial charge in [0.25, 0.3) is 11.6 Å². The Morgan fingerprint density at radius 1 is 1.37 bits per heavy atom. The molecule has 0 aliphatic carbocycles. The second kappa shape index (κ2) is 7.35. The van der Waals surface area contributed by atoms with Gasteiger partial charge in [-0.1, -0.05) is 34.9 Å². The van der Waals surface area contributed by atoms with E-state index in [9.17, 15) is 14.9 Å². The van der Waals surface area contributed by atoms with E-state index >= 15 is 0 Å².